The average Bonchev–Trinajstić information content (AvgIpc) is 2.66. The van der Waals surface area contributed by atoms with E-state index in [0.29, 0.717) is 11.4 Å². The molecule has 0 unspecified atom stereocenters. The fourth-order valence-electron chi connectivity index (χ4n) is 2.25. The fourth-order valence-corrected chi connectivity index (χ4v) is 2.58. The molecule has 1 aromatic heterocycles. The van der Waals surface area contributed by atoms with Crippen LogP contribution in [0.25, 0.3) is 0 Å². The Balaban J connectivity index is 2.23. The standard InChI is InChI=1S/C13H18BrN3O/c1-15-12-11(8-10(14)9-16-12)13(18)17-6-4-2-3-5-7-17/h8-9H,2-7H2,1H3,(H,15,16). The summed E-state index contributed by atoms with van der Waals surface area (Å²) in [6.45, 7) is 1.71. The van der Waals surface area contributed by atoms with Gasteiger partial charge in [-0.05, 0) is 34.8 Å². The molecule has 1 aliphatic heterocycles. The quantitative estimate of drug-likeness (QED) is 0.913. The molecular weight excluding hydrogens is 294 g/mol. The lowest BCUT2D eigenvalue weighted by Crippen LogP contribution is -2.32. The highest BCUT2D eigenvalue weighted by molar-refractivity contribution is 9.10. The molecule has 98 valence electrons. The number of amides is 1. The number of anilines is 1. The zero-order valence-corrected chi connectivity index (χ0v) is 12.2. The van der Waals surface area contributed by atoms with Gasteiger partial charge in [0.15, 0.2) is 0 Å². The molecule has 2 heterocycles. The number of likely N-dealkylation sites (tertiary alicyclic amines) is 1. The number of hydrogen-bond acceptors (Lipinski definition) is 3. The Kier molecular flexibility index (Phi) is 4.58. The SMILES string of the molecule is CNc1ncc(Br)cc1C(=O)N1CCCCCC1. The smallest absolute Gasteiger partial charge is 0.257 e. The van der Waals surface area contributed by atoms with Crippen LogP contribution < -0.4 is 5.32 Å². The van der Waals surface area contributed by atoms with E-state index in [4.69, 9.17) is 0 Å². The second kappa shape index (κ2) is 6.18. The highest BCUT2D eigenvalue weighted by Crippen LogP contribution is 2.21. The minimum Gasteiger partial charge on any atom is -0.372 e. The van der Waals surface area contributed by atoms with Gasteiger partial charge in [-0.1, -0.05) is 12.8 Å². The predicted octanol–water partition coefficient (Wildman–Crippen LogP) is 2.90. The summed E-state index contributed by atoms with van der Waals surface area (Å²) in [4.78, 5) is 18.7. The zero-order valence-electron chi connectivity index (χ0n) is 10.6. The Hall–Kier alpha value is -1.10. The molecular formula is C13H18BrN3O. The second-order valence-electron chi connectivity index (χ2n) is 4.51. The second-order valence-corrected chi connectivity index (χ2v) is 5.42. The summed E-state index contributed by atoms with van der Waals surface area (Å²) in [5, 5.41) is 2.98. The summed E-state index contributed by atoms with van der Waals surface area (Å²) in [5.74, 6) is 0.725. The largest absolute Gasteiger partial charge is 0.372 e. The molecule has 0 aromatic carbocycles. The van der Waals surface area contributed by atoms with Crippen molar-refractivity contribution >= 4 is 27.7 Å². The molecule has 0 saturated carbocycles. The number of halogens is 1. The van der Waals surface area contributed by atoms with Gasteiger partial charge in [0.2, 0.25) is 0 Å². The Labute approximate surface area is 116 Å². The predicted molar refractivity (Wildman–Crippen MR) is 75.9 cm³/mol. The molecule has 1 N–H and O–H groups in total. The first-order valence-electron chi connectivity index (χ1n) is 6.35. The van der Waals surface area contributed by atoms with Crippen molar-refractivity contribution < 1.29 is 4.79 Å². The summed E-state index contributed by atoms with van der Waals surface area (Å²) >= 11 is 3.37. The summed E-state index contributed by atoms with van der Waals surface area (Å²) in [5.41, 5.74) is 0.647. The summed E-state index contributed by atoms with van der Waals surface area (Å²) < 4.78 is 0.833. The van der Waals surface area contributed by atoms with Gasteiger partial charge in [0.1, 0.15) is 5.82 Å². The number of pyridine rings is 1. The Morgan fingerprint density at radius 2 is 2.00 bits per heavy atom. The Bertz CT molecular complexity index is 428. The van der Waals surface area contributed by atoms with Crippen LogP contribution in [0.2, 0.25) is 0 Å². The lowest BCUT2D eigenvalue weighted by Gasteiger charge is -2.21. The van der Waals surface area contributed by atoms with E-state index in [9.17, 15) is 4.79 Å². The van der Waals surface area contributed by atoms with Crippen LogP contribution in [0.5, 0.6) is 0 Å². The lowest BCUT2D eigenvalue weighted by atomic mass is 10.2. The van der Waals surface area contributed by atoms with Crippen LogP contribution in [0.15, 0.2) is 16.7 Å². The maximum Gasteiger partial charge on any atom is 0.257 e. The maximum absolute atomic E-state index is 12.5. The molecule has 1 aromatic rings. The van der Waals surface area contributed by atoms with E-state index in [1.165, 1.54) is 12.8 Å². The number of aromatic nitrogens is 1. The van der Waals surface area contributed by atoms with Gasteiger partial charge in [0.25, 0.3) is 5.91 Å². The summed E-state index contributed by atoms with van der Waals surface area (Å²) in [6, 6.07) is 1.84. The number of carbonyl (C=O) groups is 1. The van der Waals surface area contributed by atoms with Crippen LogP contribution >= 0.6 is 15.9 Å². The van der Waals surface area contributed by atoms with E-state index in [1.54, 1.807) is 13.2 Å². The molecule has 1 amide bonds. The third-order valence-corrected chi connectivity index (χ3v) is 3.65. The van der Waals surface area contributed by atoms with Crippen LogP contribution in [0.3, 0.4) is 0 Å². The molecule has 1 aliphatic rings. The van der Waals surface area contributed by atoms with Gasteiger partial charge < -0.3 is 10.2 Å². The molecule has 2 rings (SSSR count). The molecule has 0 aliphatic carbocycles. The molecule has 4 nitrogen and oxygen atoms in total. The monoisotopic (exact) mass is 311 g/mol. The van der Waals surface area contributed by atoms with Gasteiger partial charge in [0, 0.05) is 30.8 Å². The highest BCUT2D eigenvalue weighted by atomic mass is 79.9. The van der Waals surface area contributed by atoms with Gasteiger partial charge in [0.05, 0.1) is 5.56 Å². The minimum atomic E-state index is 0.0788. The zero-order chi connectivity index (χ0) is 13.0. The van der Waals surface area contributed by atoms with Crippen molar-refractivity contribution in [2.24, 2.45) is 0 Å². The molecule has 0 atom stereocenters. The van der Waals surface area contributed by atoms with Crippen molar-refractivity contribution in [3.05, 3.63) is 22.3 Å². The number of carbonyl (C=O) groups excluding carboxylic acids is 1. The number of nitrogens with zero attached hydrogens (tertiary/aromatic N) is 2. The maximum atomic E-state index is 12.5. The molecule has 5 heteroatoms. The third kappa shape index (κ3) is 3.02. The third-order valence-electron chi connectivity index (χ3n) is 3.21. The number of rotatable bonds is 2. The van der Waals surface area contributed by atoms with Gasteiger partial charge in [-0.3, -0.25) is 4.79 Å². The van der Waals surface area contributed by atoms with Crippen LogP contribution in [0.1, 0.15) is 36.0 Å². The van der Waals surface area contributed by atoms with Gasteiger partial charge in [-0.25, -0.2) is 4.98 Å². The normalized spacial score (nSPS) is 16.2. The first-order chi connectivity index (χ1) is 8.72. The van der Waals surface area contributed by atoms with Gasteiger partial charge in [-0.2, -0.15) is 0 Å². The van der Waals surface area contributed by atoms with Crippen LogP contribution in [-0.4, -0.2) is 35.9 Å². The van der Waals surface area contributed by atoms with Crippen molar-refractivity contribution in [2.45, 2.75) is 25.7 Å². The van der Waals surface area contributed by atoms with E-state index < -0.39 is 0 Å². The van der Waals surface area contributed by atoms with Crippen molar-refractivity contribution in [3.8, 4) is 0 Å². The Morgan fingerprint density at radius 1 is 1.33 bits per heavy atom. The Morgan fingerprint density at radius 3 is 2.61 bits per heavy atom. The number of hydrogen-bond donors (Lipinski definition) is 1. The fraction of sp³-hybridized carbons (Fsp3) is 0.538. The van der Waals surface area contributed by atoms with Gasteiger partial charge in [-0.15, -0.1) is 0 Å². The van der Waals surface area contributed by atoms with E-state index >= 15 is 0 Å². The van der Waals surface area contributed by atoms with Crippen molar-refractivity contribution in [2.75, 3.05) is 25.5 Å². The highest BCUT2D eigenvalue weighted by Gasteiger charge is 2.20. The van der Waals surface area contributed by atoms with E-state index in [2.05, 4.69) is 26.2 Å². The molecule has 0 bridgehead atoms. The van der Waals surface area contributed by atoms with Crippen LogP contribution in [0.4, 0.5) is 5.82 Å². The molecule has 0 spiro atoms. The van der Waals surface area contributed by atoms with E-state index in [1.807, 2.05) is 11.0 Å². The van der Waals surface area contributed by atoms with Gasteiger partial charge >= 0.3 is 0 Å². The van der Waals surface area contributed by atoms with Crippen LogP contribution in [-0.2, 0) is 0 Å². The number of nitrogens with one attached hydrogen (secondary N) is 1. The summed E-state index contributed by atoms with van der Waals surface area (Å²) in [6.07, 6.45) is 6.34. The average molecular weight is 312 g/mol. The van der Waals surface area contributed by atoms with Crippen molar-refractivity contribution in [3.63, 3.8) is 0 Å². The van der Waals surface area contributed by atoms with Crippen molar-refractivity contribution in [1.29, 1.82) is 0 Å². The first-order valence-corrected chi connectivity index (χ1v) is 7.14. The molecule has 1 fully saturated rings. The topological polar surface area (TPSA) is 45.2 Å². The lowest BCUT2D eigenvalue weighted by molar-refractivity contribution is 0.0762. The van der Waals surface area contributed by atoms with Crippen molar-refractivity contribution in [1.82, 2.24) is 9.88 Å². The minimum absolute atomic E-state index is 0.0788. The van der Waals surface area contributed by atoms with E-state index in [-0.39, 0.29) is 5.91 Å². The summed E-state index contributed by atoms with van der Waals surface area (Å²) in [7, 11) is 1.79. The van der Waals surface area contributed by atoms with Crippen LogP contribution in [0, 0.1) is 0 Å². The van der Waals surface area contributed by atoms with E-state index in [0.717, 1.165) is 30.4 Å². The molecule has 0 radical (unpaired) electrons. The first kappa shape index (κ1) is 13.3. The molecule has 1 saturated heterocycles. The molecule has 18 heavy (non-hydrogen) atoms.